The van der Waals surface area contributed by atoms with Crippen LogP contribution in [-0.2, 0) is 9.53 Å². The zero-order valence-corrected chi connectivity index (χ0v) is 10.2. The van der Waals surface area contributed by atoms with E-state index in [1.807, 2.05) is 32.9 Å². The molecule has 0 aliphatic carbocycles. The van der Waals surface area contributed by atoms with Crippen molar-refractivity contribution in [1.82, 2.24) is 0 Å². The van der Waals surface area contributed by atoms with Crippen molar-refractivity contribution in [2.75, 3.05) is 6.61 Å². The molecule has 3 nitrogen and oxygen atoms in total. The van der Waals surface area contributed by atoms with E-state index in [0.717, 1.165) is 12.2 Å². The van der Waals surface area contributed by atoms with Crippen LogP contribution in [0.3, 0.4) is 0 Å². The lowest BCUT2D eigenvalue weighted by molar-refractivity contribution is -0.145. The highest BCUT2D eigenvalue weighted by atomic mass is 16.5. The lowest BCUT2D eigenvalue weighted by Crippen LogP contribution is -2.13. The van der Waals surface area contributed by atoms with Gasteiger partial charge >= 0.3 is 5.97 Å². The predicted molar refractivity (Wildman–Crippen MR) is 62.2 cm³/mol. The molecule has 16 heavy (non-hydrogen) atoms. The first-order valence-electron chi connectivity index (χ1n) is 5.82. The van der Waals surface area contributed by atoms with Gasteiger partial charge in [0.1, 0.15) is 5.76 Å². The van der Waals surface area contributed by atoms with Crippen LogP contribution in [0.1, 0.15) is 45.3 Å². The molecule has 0 saturated heterocycles. The van der Waals surface area contributed by atoms with Crippen LogP contribution in [0, 0.1) is 5.92 Å². The maximum atomic E-state index is 11.5. The largest absolute Gasteiger partial charge is 0.469 e. The van der Waals surface area contributed by atoms with Gasteiger partial charge in [-0.1, -0.05) is 20.8 Å². The van der Waals surface area contributed by atoms with Crippen LogP contribution in [0.15, 0.2) is 22.8 Å². The molecule has 1 atom stereocenters. The highest BCUT2D eigenvalue weighted by molar-refractivity contribution is 5.70. The summed E-state index contributed by atoms with van der Waals surface area (Å²) in [7, 11) is 0. The van der Waals surface area contributed by atoms with Crippen LogP contribution >= 0.6 is 0 Å². The minimum Gasteiger partial charge on any atom is -0.469 e. The number of rotatable bonds is 6. The first-order chi connectivity index (χ1) is 7.63. The second-order valence-electron chi connectivity index (χ2n) is 4.40. The standard InChI is InChI=1S/C13H20O3/c1-4-11(12-6-5-7-15-12)8-13(14)16-9-10(2)3/h5-7,10-11H,4,8-9H2,1-3H3. The fraction of sp³-hybridized carbons (Fsp3) is 0.615. The van der Waals surface area contributed by atoms with E-state index in [0.29, 0.717) is 18.9 Å². The van der Waals surface area contributed by atoms with E-state index in [1.54, 1.807) is 6.26 Å². The van der Waals surface area contributed by atoms with Crippen molar-refractivity contribution in [3.05, 3.63) is 24.2 Å². The molecule has 0 aromatic carbocycles. The number of esters is 1. The van der Waals surface area contributed by atoms with E-state index in [9.17, 15) is 4.79 Å². The third-order valence-electron chi connectivity index (χ3n) is 2.43. The molecule has 90 valence electrons. The summed E-state index contributed by atoms with van der Waals surface area (Å²) in [5, 5.41) is 0. The van der Waals surface area contributed by atoms with Crippen LogP contribution in [0.2, 0.25) is 0 Å². The van der Waals surface area contributed by atoms with Gasteiger partial charge in [-0.2, -0.15) is 0 Å². The Bertz CT molecular complexity index is 301. The number of carbonyl (C=O) groups is 1. The predicted octanol–water partition coefficient (Wildman–Crippen LogP) is 3.36. The lowest BCUT2D eigenvalue weighted by atomic mass is 10.00. The van der Waals surface area contributed by atoms with Crippen LogP contribution in [0.25, 0.3) is 0 Å². The zero-order valence-electron chi connectivity index (χ0n) is 10.2. The van der Waals surface area contributed by atoms with Crippen molar-refractivity contribution >= 4 is 5.97 Å². The summed E-state index contributed by atoms with van der Waals surface area (Å²) in [5.41, 5.74) is 0. The zero-order chi connectivity index (χ0) is 12.0. The van der Waals surface area contributed by atoms with Crippen molar-refractivity contribution in [1.29, 1.82) is 0 Å². The number of carbonyl (C=O) groups excluding carboxylic acids is 1. The average Bonchev–Trinajstić information content (AvgIpc) is 2.76. The third kappa shape index (κ3) is 4.09. The van der Waals surface area contributed by atoms with Gasteiger partial charge in [0.05, 0.1) is 19.3 Å². The molecule has 1 heterocycles. The summed E-state index contributed by atoms with van der Waals surface area (Å²) >= 11 is 0. The van der Waals surface area contributed by atoms with E-state index in [2.05, 4.69) is 0 Å². The van der Waals surface area contributed by atoms with Crippen molar-refractivity contribution in [2.45, 2.75) is 39.5 Å². The molecule has 1 aromatic heterocycles. The van der Waals surface area contributed by atoms with Crippen LogP contribution < -0.4 is 0 Å². The molecule has 0 amide bonds. The molecule has 0 N–H and O–H groups in total. The lowest BCUT2D eigenvalue weighted by Gasteiger charge is -2.12. The smallest absolute Gasteiger partial charge is 0.306 e. The van der Waals surface area contributed by atoms with Gasteiger partial charge in [0.25, 0.3) is 0 Å². The average molecular weight is 224 g/mol. The first-order valence-corrected chi connectivity index (χ1v) is 5.82. The SMILES string of the molecule is CCC(CC(=O)OCC(C)C)c1ccco1. The Morgan fingerprint density at radius 1 is 1.50 bits per heavy atom. The Morgan fingerprint density at radius 3 is 2.75 bits per heavy atom. The molecule has 0 aliphatic heterocycles. The fourth-order valence-corrected chi connectivity index (χ4v) is 1.49. The Kier molecular flexibility index (Phi) is 5.09. The van der Waals surface area contributed by atoms with Crippen molar-refractivity contribution in [3.63, 3.8) is 0 Å². The molecule has 0 aliphatic rings. The minimum absolute atomic E-state index is 0.134. The molecule has 1 rings (SSSR count). The third-order valence-corrected chi connectivity index (χ3v) is 2.43. The van der Waals surface area contributed by atoms with E-state index < -0.39 is 0 Å². The molecule has 0 radical (unpaired) electrons. The van der Waals surface area contributed by atoms with E-state index in [4.69, 9.17) is 9.15 Å². The minimum atomic E-state index is -0.142. The van der Waals surface area contributed by atoms with Crippen molar-refractivity contribution in [2.24, 2.45) is 5.92 Å². The Balaban J connectivity index is 2.42. The number of furan rings is 1. The normalized spacial score (nSPS) is 12.8. The second-order valence-corrected chi connectivity index (χ2v) is 4.40. The molecular weight excluding hydrogens is 204 g/mol. The molecule has 0 fully saturated rings. The van der Waals surface area contributed by atoms with Crippen molar-refractivity contribution < 1.29 is 13.9 Å². The van der Waals surface area contributed by atoms with Gasteiger partial charge in [-0.05, 0) is 24.5 Å². The Labute approximate surface area is 96.8 Å². The maximum Gasteiger partial charge on any atom is 0.306 e. The molecular formula is C13H20O3. The van der Waals surface area contributed by atoms with Crippen LogP contribution in [0.4, 0.5) is 0 Å². The number of ether oxygens (including phenoxy) is 1. The van der Waals surface area contributed by atoms with Crippen LogP contribution in [-0.4, -0.2) is 12.6 Å². The molecule has 0 spiro atoms. The monoisotopic (exact) mass is 224 g/mol. The topological polar surface area (TPSA) is 39.4 Å². The van der Waals surface area contributed by atoms with Gasteiger partial charge in [0.15, 0.2) is 0 Å². The second kappa shape index (κ2) is 6.36. The highest BCUT2D eigenvalue weighted by Gasteiger charge is 2.17. The van der Waals surface area contributed by atoms with Gasteiger partial charge in [-0.15, -0.1) is 0 Å². The van der Waals surface area contributed by atoms with Gasteiger partial charge in [0, 0.05) is 5.92 Å². The first kappa shape index (κ1) is 12.8. The van der Waals surface area contributed by atoms with E-state index >= 15 is 0 Å². The number of hydrogen-bond donors (Lipinski definition) is 0. The number of hydrogen-bond acceptors (Lipinski definition) is 3. The van der Waals surface area contributed by atoms with Crippen molar-refractivity contribution in [3.8, 4) is 0 Å². The van der Waals surface area contributed by atoms with Gasteiger partial charge in [0.2, 0.25) is 0 Å². The summed E-state index contributed by atoms with van der Waals surface area (Å²) in [6, 6.07) is 3.75. The summed E-state index contributed by atoms with van der Waals surface area (Å²) < 4.78 is 10.5. The van der Waals surface area contributed by atoms with Gasteiger partial charge in [-0.3, -0.25) is 4.79 Å². The Morgan fingerprint density at radius 2 is 2.25 bits per heavy atom. The summed E-state index contributed by atoms with van der Waals surface area (Å²) in [4.78, 5) is 11.5. The van der Waals surface area contributed by atoms with E-state index in [1.165, 1.54) is 0 Å². The molecule has 0 bridgehead atoms. The molecule has 1 unspecified atom stereocenters. The summed E-state index contributed by atoms with van der Waals surface area (Å²) in [6.45, 7) is 6.59. The maximum absolute atomic E-state index is 11.5. The quantitative estimate of drug-likeness (QED) is 0.695. The summed E-state index contributed by atoms with van der Waals surface area (Å²) in [5.74, 6) is 1.24. The van der Waals surface area contributed by atoms with Gasteiger partial charge in [-0.25, -0.2) is 0 Å². The fourth-order valence-electron chi connectivity index (χ4n) is 1.49. The summed E-state index contributed by atoms with van der Waals surface area (Å²) in [6.07, 6.45) is 2.92. The molecule has 1 aromatic rings. The van der Waals surface area contributed by atoms with E-state index in [-0.39, 0.29) is 11.9 Å². The molecule has 0 saturated carbocycles. The highest BCUT2D eigenvalue weighted by Crippen LogP contribution is 2.23. The van der Waals surface area contributed by atoms with Gasteiger partial charge < -0.3 is 9.15 Å². The van der Waals surface area contributed by atoms with Crippen LogP contribution in [0.5, 0.6) is 0 Å². The molecule has 3 heteroatoms. The Hall–Kier alpha value is -1.25.